The van der Waals surface area contributed by atoms with E-state index >= 15 is 0 Å². The Hall–Kier alpha value is -1.80. The fourth-order valence-corrected chi connectivity index (χ4v) is 4.07. The average molecular weight is 512 g/mol. The highest BCUT2D eigenvalue weighted by molar-refractivity contribution is 9.11. The second-order valence-corrected chi connectivity index (χ2v) is 9.40. The van der Waals surface area contributed by atoms with Gasteiger partial charge in [-0.1, -0.05) is 26.0 Å². The summed E-state index contributed by atoms with van der Waals surface area (Å²) in [6, 6.07) is 7.96. The lowest BCUT2D eigenvalue weighted by Crippen LogP contribution is -2.16. The summed E-state index contributed by atoms with van der Waals surface area (Å²) in [7, 11) is 3.29. The van der Waals surface area contributed by atoms with Crippen LogP contribution in [0.15, 0.2) is 33.2 Å². The highest BCUT2D eigenvalue weighted by Crippen LogP contribution is 2.35. The third-order valence-electron chi connectivity index (χ3n) is 4.27. The zero-order chi connectivity index (χ0) is 20.5. The summed E-state index contributed by atoms with van der Waals surface area (Å²) in [5, 5.41) is 12.1. The lowest BCUT2D eigenvalue weighted by atomic mass is 9.97. The van der Waals surface area contributed by atoms with E-state index in [-0.39, 0.29) is 5.41 Å². The predicted molar refractivity (Wildman–Crippen MR) is 119 cm³/mol. The van der Waals surface area contributed by atoms with Crippen LogP contribution in [0.3, 0.4) is 0 Å². The Morgan fingerprint density at radius 3 is 2.43 bits per heavy atom. The number of hydrogen-bond donors (Lipinski definition) is 1. The number of ether oxygens (including phenoxy) is 2. The van der Waals surface area contributed by atoms with E-state index in [1.807, 2.05) is 22.9 Å². The Labute approximate surface area is 181 Å². The number of benzene rings is 2. The summed E-state index contributed by atoms with van der Waals surface area (Å²) in [6.07, 6.45) is 0. The second kappa shape index (κ2) is 8.29. The SMILES string of the molecule is COc1cc(OC)c(CNc2ccc3c(nnn3CC(C)(C)C)c2Br)cc1Br. The quantitative estimate of drug-likeness (QED) is 0.464. The molecule has 150 valence electrons. The van der Waals surface area contributed by atoms with Crippen LogP contribution in [-0.4, -0.2) is 29.2 Å². The van der Waals surface area contributed by atoms with Gasteiger partial charge in [-0.05, 0) is 55.5 Å². The van der Waals surface area contributed by atoms with Gasteiger partial charge in [0.1, 0.15) is 17.0 Å². The van der Waals surface area contributed by atoms with Gasteiger partial charge in [-0.25, -0.2) is 4.68 Å². The molecule has 0 fully saturated rings. The van der Waals surface area contributed by atoms with Gasteiger partial charge < -0.3 is 14.8 Å². The smallest absolute Gasteiger partial charge is 0.136 e. The topological polar surface area (TPSA) is 61.2 Å². The Morgan fingerprint density at radius 1 is 1.07 bits per heavy atom. The molecular weight excluding hydrogens is 488 g/mol. The molecule has 0 radical (unpaired) electrons. The summed E-state index contributed by atoms with van der Waals surface area (Å²) in [6.45, 7) is 7.95. The van der Waals surface area contributed by atoms with Crippen LogP contribution in [0.5, 0.6) is 11.5 Å². The molecule has 1 aromatic heterocycles. The molecule has 0 unspecified atom stereocenters. The van der Waals surface area contributed by atoms with E-state index in [0.29, 0.717) is 6.54 Å². The van der Waals surface area contributed by atoms with Gasteiger partial charge in [-0.2, -0.15) is 0 Å². The number of halogens is 2. The van der Waals surface area contributed by atoms with Crippen LogP contribution in [0.4, 0.5) is 5.69 Å². The summed E-state index contributed by atoms with van der Waals surface area (Å²) >= 11 is 7.21. The van der Waals surface area contributed by atoms with Gasteiger partial charge in [-0.3, -0.25) is 0 Å². The fourth-order valence-electron chi connectivity index (χ4n) is 2.96. The Bertz CT molecular complexity index is 996. The molecule has 1 heterocycles. The minimum absolute atomic E-state index is 0.127. The van der Waals surface area contributed by atoms with E-state index in [1.54, 1.807) is 14.2 Å². The monoisotopic (exact) mass is 510 g/mol. The van der Waals surface area contributed by atoms with E-state index in [4.69, 9.17) is 9.47 Å². The fraction of sp³-hybridized carbons (Fsp3) is 0.400. The van der Waals surface area contributed by atoms with Gasteiger partial charge in [0.15, 0.2) is 0 Å². The van der Waals surface area contributed by atoms with Crippen LogP contribution in [0.2, 0.25) is 0 Å². The zero-order valence-electron chi connectivity index (χ0n) is 16.6. The lowest BCUT2D eigenvalue weighted by molar-refractivity contribution is 0.327. The maximum absolute atomic E-state index is 5.50. The van der Waals surface area contributed by atoms with Crippen molar-refractivity contribution in [3.8, 4) is 11.5 Å². The molecule has 0 amide bonds. The van der Waals surface area contributed by atoms with Gasteiger partial charge >= 0.3 is 0 Å². The van der Waals surface area contributed by atoms with Gasteiger partial charge in [0.25, 0.3) is 0 Å². The van der Waals surface area contributed by atoms with Gasteiger partial charge in [0, 0.05) is 24.7 Å². The maximum atomic E-state index is 5.50. The number of anilines is 1. The normalized spacial score (nSPS) is 11.7. The van der Waals surface area contributed by atoms with E-state index in [9.17, 15) is 0 Å². The number of hydrogen-bond acceptors (Lipinski definition) is 5. The third-order valence-corrected chi connectivity index (χ3v) is 5.70. The Kier molecular flexibility index (Phi) is 6.19. The summed E-state index contributed by atoms with van der Waals surface area (Å²) in [4.78, 5) is 0. The van der Waals surface area contributed by atoms with E-state index in [2.05, 4.69) is 74.3 Å². The first-order valence-corrected chi connectivity index (χ1v) is 10.5. The molecule has 0 spiro atoms. The molecule has 0 aliphatic rings. The zero-order valence-corrected chi connectivity index (χ0v) is 19.8. The van der Waals surface area contributed by atoms with Crippen LogP contribution in [-0.2, 0) is 13.1 Å². The molecule has 0 aliphatic carbocycles. The minimum atomic E-state index is 0.127. The largest absolute Gasteiger partial charge is 0.496 e. The molecule has 2 aromatic carbocycles. The lowest BCUT2D eigenvalue weighted by Gasteiger charge is -2.18. The first-order valence-electron chi connectivity index (χ1n) is 8.89. The molecule has 3 rings (SSSR count). The van der Waals surface area contributed by atoms with E-state index < -0.39 is 0 Å². The van der Waals surface area contributed by atoms with Crippen molar-refractivity contribution in [1.29, 1.82) is 0 Å². The van der Waals surface area contributed by atoms with Crippen LogP contribution >= 0.6 is 31.9 Å². The molecule has 6 nitrogen and oxygen atoms in total. The van der Waals surface area contributed by atoms with Crippen molar-refractivity contribution in [1.82, 2.24) is 15.0 Å². The molecule has 0 saturated carbocycles. The van der Waals surface area contributed by atoms with Gasteiger partial charge in [0.05, 0.1) is 34.4 Å². The Morgan fingerprint density at radius 2 is 1.79 bits per heavy atom. The van der Waals surface area contributed by atoms with E-state index in [0.717, 1.165) is 49.3 Å². The third kappa shape index (κ3) is 4.43. The molecule has 1 N–H and O–H groups in total. The molecule has 28 heavy (non-hydrogen) atoms. The van der Waals surface area contributed by atoms with Crippen molar-refractivity contribution < 1.29 is 9.47 Å². The maximum Gasteiger partial charge on any atom is 0.136 e. The van der Waals surface area contributed by atoms with Crippen LogP contribution < -0.4 is 14.8 Å². The molecule has 0 saturated heterocycles. The highest BCUT2D eigenvalue weighted by Gasteiger charge is 2.17. The van der Waals surface area contributed by atoms with Crippen LogP contribution in [0.1, 0.15) is 26.3 Å². The summed E-state index contributed by atoms with van der Waals surface area (Å²) in [5.41, 5.74) is 3.94. The number of nitrogens with one attached hydrogen (secondary N) is 1. The molecule has 0 atom stereocenters. The summed E-state index contributed by atoms with van der Waals surface area (Å²) < 4.78 is 14.6. The van der Waals surface area contributed by atoms with Gasteiger partial charge in [-0.15, -0.1) is 5.10 Å². The standard InChI is InChI=1S/C20H24Br2N4O2/c1-20(2,3)11-26-15-7-6-14(18(22)19(15)24-25-26)23-10-12-8-13(21)17(28-5)9-16(12)27-4/h6-9,23H,10-11H2,1-5H3. The van der Waals surface area contributed by atoms with Crippen molar-refractivity contribution in [2.24, 2.45) is 5.41 Å². The molecule has 0 aliphatic heterocycles. The van der Waals surface area contributed by atoms with Crippen LogP contribution in [0, 0.1) is 5.41 Å². The van der Waals surface area contributed by atoms with Crippen molar-refractivity contribution in [3.63, 3.8) is 0 Å². The predicted octanol–water partition coefficient (Wildman–Crippen LogP) is 5.63. The van der Waals surface area contributed by atoms with Crippen molar-refractivity contribution in [2.45, 2.75) is 33.9 Å². The second-order valence-electron chi connectivity index (χ2n) is 7.75. The van der Waals surface area contributed by atoms with E-state index in [1.165, 1.54) is 0 Å². The van der Waals surface area contributed by atoms with Crippen molar-refractivity contribution >= 4 is 48.6 Å². The summed E-state index contributed by atoms with van der Waals surface area (Å²) in [5.74, 6) is 1.50. The molecule has 3 aromatic rings. The van der Waals surface area contributed by atoms with Crippen molar-refractivity contribution in [2.75, 3.05) is 19.5 Å². The number of fused-ring (bicyclic) bond motifs is 1. The number of aromatic nitrogens is 3. The highest BCUT2D eigenvalue weighted by atomic mass is 79.9. The molecule has 8 heteroatoms. The number of methoxy groups -OCH3 is 2. The first kappa shape index (κ1) is 20.9. The molecular formula is C20H24Br2N4O2. The molecule has 0 bridgehead atoms. The average Bonchev–Trinajstić information content (AvgIpc) is 3.03. The Balaban J connectivity index is 1.86. The van der Waals surface area contributed by atoms with Crippen LogP contribution in [0.25, 0.3) is 11.0 Å². The van der Waals surface area contributed by atoms with Crippen molar-refractivity contribution in [3.05, 3.63) is 38.8 Å². The number of nitrogens with zero attached hydrogens (tertiary/aromatic N) is 3. The minimum Gasteiger partial charge on any atom is -0.496 e. The number of rotatable bonds is 6. The first-order chi connectivity index (χ1) is 13.2. The van der Waals surface area contributed by atoms with Gasteiger partial charge in [0.2, 0.25) is 0 Å².